The van der Waals surface area contributed by atoms with E-state index in [9.17, 15) is 0 Å². The highest BCUT2D eigenvalue weighted by atomic mass is 35.5. The molecule has 0 aliphatic heterocycles. The molecule has 0 bridgehead atoms. The Hall–Kier alpha value is -0.560. The summed E-state index contributed by atoms with van der Waals surface area (Å²) in [6.07, 6.45) is 2.47. The maximum absolute atomic E-state index is 8.94. The van der Waals surface area contributed by atoms with Crippen molar-refractivity contribution in [2.45, 2.75) is 17.6 Å². The van der Waals surface area contributed by atoms with Crippen molar-refractivity contribution in [3.05, 3.63) is 11.2 Å². The van der Waals surface area contributed by atoms with Gasteiger partial charge in [-0.1, -0.05) is 23.4 Å². The van der Waals surface area contributed by atoms with Crippen molar-refractivity contribution in [2.24, 2.45) is 0 Å². The standard InChI is InChI=1S/C10H16ClN3O2S/c1-16-6-7(3-4-15)12-9-5-8(11)13-10(14-9)17-2/h5,7,15H,3-4,6H2,1-2H3,(H,12,13,14). The number of nitrogens with one attached hydrogen (secondary N) is 1. The van der Waals surface area contributed by atoms with E-state index < -0.39 is 0 Å². The number of hydrogen-bond donors (Lipinski definition) is 2. The molecule has 1 aromatic heterocycles. The van der Waals surface area contributed by atoms with Gasteiger partial charge in [0.25, 0.3) is 0 Å². The summed E-state index contributed by atoms with van der Waals surface area (Å²) in [5.74, 6) is 0.643. The summed E-state index contributed by atoms with van der Waals surface area (Å²) >= 11 is 7.30. The van der Waals surface area contributed by atoms with Crippen LogP contribution in [-0.4, -0.2) is 47.7 Å². The number of aromatic nitrogens is 2. The van der Waals surface area contributed by atoms with Gasteiger partial charge in [-0.25, -0.2) is 9.97 Å². The molecule has 0 saturated carbocycles. The van der Waals surface area contributed by atoms with E-state index in [1.807, 2.05) is 6.26 Å². The first-order valence-electron chi connectivity index (χ1n) is 5.14. The zero-order valence-corrected chi connectivity index (χ0v) is 11.4. The van der Waals surface area contributed by atoms with Crippen molar-refractivity contribution < 1.29 is 9.84 Å². The molecule has 0 saturated heterocycles. The molecule has 17 heavy (non-hydrogen) atoms. The third-order valence-corrected chi connectivity index (χ3v) is 2.80. The van der Waals surface area contributed by atoms with Crippen LogP contribution in [0.15, 0.2) is 11.2 Å². The quantitative estimate of drug-likeness (QED) is 0.449. The molecule has 0 aliphatic rings. The number of methoxy groups -OCH3 is 1. The molecule has 0 amide bonds. The van der Waals surface area contributed by atoms with E-state index in [1.54, 1.807) is 13.2 Å². The molecule has 0 aromatic carbocycles. The van der Waals surface area contributed by atoms with E-state index in [0.717, 1.165) is 0 Å². The van der Waals surface area contributed by atoms with Crippen molar-refractivity contribution in [3.8, 4) is 0 Å². The van der Waals surface area contributed by atoms with Gasteiger partial charge >= 0.3 is 0 Å². The summed E-state index contributed by atoms with van der Waals surface area (Å²) in [5, 5.41) is 13.1. The molecule has 2 N–H and O–H groups in total. The summed E-state index contributed by atoms with van der Waals surface area (Å²) in [6.45, 7) is 0.589. The summed E-state index contributed by atoms with van der Waals surface area (Å²) < 4.78 is 5.06. The van der Waals surface area contributed by atoms with Crippen LogP contribution in [0.3, 0.4) is 0 Å². The normalized spacial score (nSPS) is 12.5. The second kappa shape index (κ2) is 7.71. The highest BCUT2D eigenvalue weighted by molar-refractivity contribution is 7.98. The highest BCUT2D eigenvalue weighted by Crippen LogP contribution is 2.18. The Bertz CT molecular complexity index is 348. The minimum Gasteiger partial charge on any atom is -0.396 e. The lowest BCUT2D eigenvalue weighted by Crippen LogP contribution is -2.26. The van der Waals surface area contributed by atoms with Gasteiger partial charge in [0.2, 0.25) is 0 Å². The van der Waals surface area contributed by atoms with Crippen molar-refractivity contribution >= 4 is 29.2 Å². The zero-order chi connectivity index (χ0) is 12.7. The van der Waals surface area contributed by atoms with Crippen LogP contribution in [-0.2, 0) is 4.74 Å². The number of hydrogen-bond acceptors (Lipinski definition) is 6. The maximum Gasteiger partial charge on any atom is 0.190 e. The Kier molecular flexibility index (Phi) is 6.57. The van der Waals surface area contributed by atoms with Crippen molar-refractivity contribution in [3.63, 3.8) is 0 Å². The number of anilines is 1. The molecular weight excluding hydrogens is 262 g/mol. The Morgan fingerprint density at radius 3 is 2.94 bits per heavy atom. The number of aliphatic hydroxyl groups excluding tert-OH is 1. The summed E-state index contributed by atoms with van der Waals surface area (Å²) in [5.41, 5.74) is 0. The summed E-state index contributed by atoms with van der Waals surface area (Å²) in [4.78, 5) is 8.32. The van der Waals surface area contributed by atoms with Crippen molar-refractivity contribution in [1.82, 2.24) is 9.97 Å². The van der Waals surface area contributed by atoms with E-state index >= 15 is 0 Å². The molecule has 7 heteroatoms. The largest absolute Gasteiger partial charge is 0.396 e. The fourth-order valence-electron chi connectivity index (χ4n) is 1.33. The van der Waals surface area contributed by atoms with Crippen LogP contribution in [0.25, 0.3) is 0 Å². The number of halogens is 1. The van der Waals surface area contributed by atoms with Gasteiger partial charge in [-0.15, -0.1) is 0 Å². The Morgan fingerprint density at radius 2 is 2.35 bits per heavy atom. The van der Waals surface area contributed by atoms with Crippen LogP contribution < -0.4 is 5.32 Å². The molecule has 0 fully saturated rings. The van der Waals surface area contributed by atoms with Gasteiger partial charge in [0.15, 0.2) is 5.16 Å². The monoisotopic (exact) mass is 277 g/mol. The molecule has 1 rings (SSSR count). The Balaban J connectivity index is 2.73. The fraction of sp³-hybridized carbons (Fsp3) is 0.600. The van der Waals surface area contributed by atoms with Gasteiger partial charge in [0.05, 0.1) is 12.6 Å². The van der Waals surface area contributed by atoms with E-state index in [2.05, 4.69) is 15.3 Å². The van der Waals surface area contributed by atoms with Gasteiger partial charge in [-0.2, -0.15) is 0 Å². The van der Waals surface area contributed by atoms with E-state index in [-0.39, 0.29) is 12.6 Å². The van der Waals surface area contributed by atoms with E-state index in [0.29, 0.717) is 29.2 Å². The lowest BCUT2D eigenvalue weighted by molar-refractivity contribution is 0.170. The fourth-order valence-corrected chi connectivity index (χ4v) is 1.94. The van der Waals surface area contributed by atoms with Gasteiger partial charge in [0, 0.05) is 19.8 Å². The second-order valence-corrected chi connectivity index (χ2v) is 4.53. The third-order valence-electron chi connectivity index (χ3n) is 2.05. The van der Waals surface area contributed by atoms with Crippen molar-refractivity contribution in [2.75, 3.05) is 31.9 Å². The predicted molar refractivity (Wildman–Crippen MR) is 69.8 cm³/mol. The van der Waals surface area contributed by atoms with Crippen LogP contribution in [0.1, 0.15) is 6.42 Å². The van der Waals surface area contributed by atoms with E-state index in [1.165, 1.54) is 11.8 Å². The first-order valence-corrected chi connectivity index (χ1v) is 6.74. The first kappa shape index (κ1) is 14.5. The van der Waals surface area contributed by atoms with Gasteiger partial charge in [-0.05, 0) is 12.7 Å². The van der Waals surface area contributed by atoms with Crippen molar-refractivity contribution in [1.29, 1.82) is 0 Å². The topological polar surface area (TPSA) is 67.3 Å². The van der Waals surface area contributed by atoms with Crippen LogP contribution >= 0.6 is 23.4 Å². The average molecular weight is 278 g/mol. The summed E-state index contributed by atoms with van der Waals surface area (Å²) in [6, 6.07) is 1.66. The van der Waals surface area contributed by atoms with Gasteiger partial charge < -0.3 is 15.2 Å². The molecule has 1 aromatic rings. The molecule has 1 unspecified atom stereocenters. The Morgan fingerprint density at radius 1 is 1.59 bits per heavy atom. The molecule has 1 heterocycles. The van der Waals surface area contributed by atoms with Crippen LogP contribution in [0.2, 0.25) is 5.15 Å². The summed E-state index contributed by atoms with van der Waals surface area (Å²) in [7, 11) is 1.62. The third kappa shape index (κ3) is 5.08. The lowest BCUT2D eigenvalue weighted by Gasteiger charge is -2.17. The number of thioether (sulfide) groups is 1. The number of nitrogens with zero attached hydrogens (tertiary/aromatic N) is 2. The smallest absolute Gasteiger partial charge is 0.190 e. The maximum atomic E-state index is 8.94. The number of ether oxygens (including phenoxy) is 1. The molecular formula is C10H16ClN3O2S. The van der Waals surface area contributed by atoms with Crippen LogP contribution in [0, 0.1) is 0 Å². The minimum atomic E-state index is 0.00525. The molecule has 96 valence electrons. The minimum absolute atomic E-state index is 0.00525. The lowest BCUT2D eigenvalue weighted by atomic mass is 10.2. The number of rotatable bonds is 7. The van der Waals surface area contributed by atoms with Gasteiger partial charge in [0.1, 0.15) is 11.0 Å². The predicted octanol–water partition coefficient (Wildman–Crippen LogP) is 1.66. The molecule has 1 atom stereocenters. The number of aliphatic hydroxyl groups is 1. The van der Waals surface area contributed by atoms with Gasteiger partial charge in [-0.3, -0.25) is 0 Å². The van der Waals surface area contributed by atoms with E-state index in [4.69, 9.17) is 21.4 Å². The molecule has 0 spiro atoms. The average Bonchev–Trinajstić information content (AvgIpc) is 2.29. The first-order chi connectivity index (χ1) is 8.19. The Labute approximate surface area is 110 Å². The second-order valence-electron chi connectivity index (χ2n) is 3.37. The molecule has 0 radical (unpaired) electrons. The van der Waals surface area contributed by atoms with Crippen LogP contribution in [0.4, 0.5) is 5.82 Å². The molecule has 5 nitrogen and oxygen atoms in total. The highest BCUT2D eigenvalue weighted by Gasteiger charge is 2.10. The van der Waals surface area contributed by atoms with Crippen LogP contribution in [0.5, 0.6) is 0 Å². The zero-order valence-electron chi connectivity index (χ0n) is 9.81. The SMILES string of the molecule is COCC(CCO)Nc1cc(Cl)nc(SC)n1. The molecule has 0 aliphatic carbocycles.